The van der Waals surface area contributed by atoms with Gasteiger partial charge in [0.1, 0.15) is 18.7 Å². The number of amides is 1. The summed E-state index contributed by atoms with van der Waals surface area (Å²) < 4.78 is 34.8. The molecule has 1 amide bonds. The zero-order valence-corrected chi connectivity index (χ0v) is 24.6. The molecule has 10 nitrogen and oxygen atoms in total. The number of ether oxygens (including phenoxy) is 1. The van der Waals surface area contributed by atoms with Crippen LogP contribution in [0, 0.1) is 5.92 Å². The van der Waals surface area contributed by atoms with E-state index in [2.05, 4.69) is 32.1 Å². The summed E-state index contributed by atoms with van der Waals surface area (Å²) in [5, 5.41) is 3.00. The minimum Gasteiger partial charge on any atom is -0.489 e. The maximum Gasteiger partial charge on any atom is 0.326 e. The Labute approximate surface area is 247 Å². The van der Waals surface area contributed by atoms with Gasteiger partial charge in [0.25, 0.3) is 0 Å². The van der Waals surface area contributed by atoms with Gasteiger partial charge in [-0.2, -0.15) is 0 Å². The second kappa shape index (κ2) is 13.2. The van der Waals surface area contributed by atoms with E-state index in [4.69, 9.17) is 4.74 Å². The molecule has 0 atom stereocenters. The average Bonchev–Trinajstić information content (AvgIpc) is 3.47. The largest absolute Gasteiger partial charge is 0.489 e. The van der Waals surface area contributed by atoms with Gasteiger partial charge in [0, 0.05) is 56.1 Å². The summed E-state index contributed by atoms with van der Waals surface area (Å²) in [4.78, 5) is 21.5. The van der Waals surface area contributed by atoms with Gasteiger partial charge in [-0.1, -0.05) is 30.3 Å². The van der Waals surface area contributed by atoms with Crippen molar-refractivity contribution in [2.45, 2.75) is 11.5 Å². The molecule has 1 aliphatic rings. The second-order valence-corrected chi connectivity index (χ2v) is 12.4. The standard InChI is InChI=1S/C31H36N6O4S/c1-35(2)17-16-34-42(39,40)29-14-8-24(9-15-29)22-41-28-12-10-26(11-13-28)30-21-37(23-33-30)31(38)32-18-25-19-36(20-25)27-6-4-3-5-7-27/h3-15,21,23,25,34H,16-20,22H2,1-2H3,(H,32,38). The van der Waals surface area contributed by atoms with Crippen molar-refractivity contribution in [3.63, 3.8) is 0 Å². The SMILES string of the molecule is CN(C)CCNS(=O)(=O)c1ccc(COc2ccc(-c3cn(C(=O)NCC4CN(c5ccccc5)C4)cn3)cc2)cc1. The number of rotatable bonds is 12. The molecule has 0 bridgehead atoms. The van der Waals surface area contributed by atoms with Crippen molar-refractivity contribution in [3.05, 3.63) is 97.0 Å². The molecule has 3 aromatic carbocycles. The van der Waals surface area contributed by atoms with E-state index < -0.39 is 10.0 Å². The van der Waals surface area contributed by atoms with Gasteiger partial charge in [0.2, 0.25) is 10.0 Å². The van der Waals surface area contributed by atoms with Crippen molar-refractivity contribution in [2.75, 3.05) is 51.7 Å². The first-order chi connectivity index (χ1) is 20.3. The highest BCUT2D eigenvalue weighted by atomic mass is 32.2. The lowest BCUT2D eigenvalue weighted by Crippen LogP contribution is -2.51. The maximum atomic E-state index is 12.6. The van der Waals surface area contributed by atoms with E-state index in [9.17, 15) is 13.2 Å². The van der Waals surface area contributed by atoms with Gasteiger partial charge in [-0.3, -0.25) is 4.57 Å². The highest BCUT2D eigenvalue weighted by Crippen LogP contribution is 2.24. The minimum absolute atomic E-state index is 0.199. The monoisotopic (exact) mass is 588 g/mol. The summed E-state index contributed by atoms with van der Waals surface area (Å²) in [7, 11) is 0.238. The van der Waals surface area contributed by atoms with Gasteiger partial charge in [0.15, 0.2) is 0 Å². The lowest BCUT2D eigenvalue weighted by molar-refractivity contribution is 0.238. The molecule has 2 N–H and O–H groups in total. The third-order valence-corrected chi connectivity index (χ3v) is 8.55. The number of hydrogen-bond donors (Lipinski definition) is 2. The Hall–Kier alpha value is -4.19. The molecule has 1 fully saturated rings. The first-order valence-corrected chi connectivity index (χ1v) is 15.3. The summed E-state index contributed by atoms with van der Waals surface area (Å²) in [6.07, 6.45) is 3.24. The Morgan fingerprint density at radius 1 is 1.00 bits per heavy atom. The smallest absolute Gasteiger partial charge is 0.326 e. The van der Waals surface area contributed by atoms with Crippen molar-refractivity contribution < 1.29 is 17.9 Å². The highest BCUT2D eigenvalue weighted by Gasteiger charge is 2.27. The number of likely N-dealkylation sites (N-methyl/N-ethyl adjacent to an activating group) is 1. The Bertz CT molecular complexity index is 1570. The molecule has 42 heavy (non-hydrogen) atoms. The van der Waals surface area contributed by atoms with Gasteiger partial charge in [-0.25, -0.2) is 22.9 Å². The zero-order chi connectivity index (χ0) is 29.5. The van der Waals surface area contributed by atoms with Crippen molar-refractivity contribution in [2.24, 2.45) is 5.92 Å². The minimum atomic E-state index is -3.54. The first kappa shape index (κ1) is 29.3. The maximum absolute atomic E-state index is 12.6. The Balaban J connectivity index is 1.07. The van der Waals surface area contributed by atoms with Crippen LogP contribution in [0.1, 0.15) is 5.56 Å². The van der Waals surface area contributed by atoms with E-state index in [-0.39, 0.29) is 10.9 Å². The summed E-state index contributed by atoms with van der Waals surface area (Å²) in [5.41, 5.74) is 3.61. The number of anilines is 1. The van der Waals surface area contributed by atoms with Crippen LogP contribution in [0.5, 0.6) is 5.75 Å². The molecule has 1 saturated heterocycles. The number of nitrogens with one attached hydrogen (secondary N) is 2. The fourth-order valence-electron chi connectivity index (χ4n) is 4.59. The summed E-state index contributed by atoms with van der Waals surface area (Å²) in [6, 6.07) is 24.2. The van der Waals surface area contributed by atoms with E-state index in [1.165, 1.54) is 16.6 Å². The van der Waals surface area contributed by atoms with E-state index in [0.717, 1.165) is 24.2 Å². The fourth-order valence-corrected chi connectivity index (χ4v) is 5.62. The number of para-hydroxylation sites is 1. The second-order valence-electron chi connectivity index (χ2n) is 10.6. The van der Waals surface area contributed by atoms with Crippen LogP contribution in [0.25, 0.3) is 11.3 Å². The molecule has 1 aromatic heterocycles. The number of benzene rings is 3. The fraction of sp³-hybridized carbons (Fsp3) is 0.290. The molecule has 0 saturated carbocycles. The third kappa shape index (κ3) is 7.55. The topological polar surface area (TPSA) is 109 Å². The van der Waals surface area contributed by atoms with Gasteiger partial charge < -0.3 is 19.9 Å². The quantitative estimate of drug-likeness (QED) is 0.260. The van der Waals surface area contributed by atoms with Crippen molar-refractivity contribution in [1.29, 1.82) is 0 Å². The molecule has 0 radical (unpaired) electrons. The van der Waals surface area contributed by atoms with Crippen LogP contribution in [0.2, 0.25) is 0 Å². The van der Waals surface area contributed by atoms with E-state index >= 15 is 0 Å². The van der Waals surface area contributed by atoms with Crippen LogP contribution in [0.4, 0.5) is 10.5 Å². The summed E-state index contributed by atoms with van der Waals surface area (Å²) >= 11 is 0. The number of carbonyl (C=O) groups excluding carboxylic acids is 1. The van der Waals surface area contributed by atoms with E-state index in [0.29, 0.717) is 43.6 Å². The highest BCUT2D eigenvalue weighted by molar-refractivity contribution is 7.89. The Morgan fingerprint density at radius 3 is 2.40 bits per heavy atom. The number of hydrogen-bond acceptors (Lipinski definition) is 7. The Morgan fingerprint density at radius 2 is 1.71 bits per heavy atom. The average molecular weight is 589 g/mol. The number of sulfonamides is 1. The Kier molecular flexibility index (Phi) is 9.21. The number of aromatic nitrogens is 2. The third-order valence-electron chi connectivity index (χ3n) is 7.08. The molecule has 5 rings (SSSR count). The number of imidazole rings is 1. The van der Waals surface area contributed by atoms with Gasteiger partial charge >= 0.3 is 6.03 Å². The van der Waals surface area contributed by atoms with Gasteiger partial charge in [-0.15, -0.1) is 0 Å². The van der Waals surface area contributed by atoms with Crippen molar-refractivity contribution >= 4 is 21.7 Å². The predicted molar refractivity (Wildman–Crippen MR) is 163 cm³/mol. The molecule has 1 aliphatic heterocycles. The van der Waals surface area contributed by atoms with Crippen LogP contribution < -0.4 is 19.7 Å². The van der Waals surface area contributed by atoms with E-state index in [1.54, 1.807) is 30.5 Å². The molecule has 0 spiro atoms. The molecular weight excluding hydrogens is 552 g/mol. The van der Waals surface area contributed by atoms with Crippen LogP contribution >= 0.6 is 0 Å². The molecule has 0 unspecified atom stereocenters. The molecule has 4 aromatic rings. The molecule has 11 heteroatoms. The van der Waals surface area contributed by atoms with Crippen LogP contribution in [0.15, 0.2) is 96.3 Å². The predicted octanol–water partition coefficient (Wildman–Crippen LogP) is 3.66. The summed E-state index contributed by atoms with van der Waals surface area (Å²) in [5.74, 6) is 1.09. The van der Waals surface area contributed by atoms with Crippen LogP contribution in [0.3, 0.4) is 0 Å². The van der Waals surface area contributed by atoms with E-state index in [1.807, 2.05) is 61.5 Å². The normalized spacial score (nSPS) is 13.6. The lowest BCUT2D eigenvalue weighted by atomic mass is 9.99. The van der Waals surface area contributed by atoms with Gasteiger partial charge in [0.05, 0.1) is 10.6 Å². The van der Waals surface area contributed by atoms with Gasteiger partial charge in [-0.05, 0) is 68.2 Å². The van der Waals surface area contributed by atoms with Crippen LogP contribution in [-0.4, -0.2) is 75.7 Å². The molecule has 220 valence electrons. The molecule has 0 aliphatic carbocycles. The zero-order valence-electron chi connectivity index (χ0n) is 23.8. The summed E-state index contributed by atoms with van der Waals surface area (Å²) in [6.45, 7) is 3.74. The van der Waals surface area contributed by atoms with Crippen molar-refractivity contribution in [1.82, 2.24) is 24.5 Å². The molecule has 2 heterocycles. The number of carbonyl (C=O) groups is 1. The van der Waals surface area contributed by atoms with Crippen molar-refractivity contribution in [3.8, 4) is 17.0 Å². The van der Waals surface area contributed by atoms with Crippen LogP contribution in [-0.2, 0) is 16.6 Å². The molecular formula is C31H36N6O4S. The first-order valence-electron chi connectivity index (χ1n) is 13.9. The lowest BCUT2D eigenvalue weighted by Gasteiger charge is -2.41. The number of nitrogens with zero attached hydrogens (tertiary/aromatic N) is 4.